The van der Waals surface area contributed by atoms with Gasteiger partial charge < -0.3 is 10.2 Å². The molecule has 13 heteroatoms. The number of anilines is 1. The predicted molar refractivity (Wildman–Crippen MR) is 136 cm³/mol. The van der Waals surface area contributed by atoms with Gasteiger partial charge in [-0.1, -0.05) is 55.2 Å². The van der Waals surface area contributed by atoms with Gasteiger partial charge >= 0.3 is 5.97 Å². The van der Waals surface area contributed by atoms with Gasteiger partial charge in [0.2, 0.25) is 5.91 Å². The number of rotatable bonds is 6. The first-order valence-corrected chi connectivity index (χ1v) is 12.0. The van der Waals surface area contributed by atoms with E-state index in [0.29, 0.717) is 29.3 Å². The number of benzene rings is 2. The van der Waals surface area contributed by atoms with Gasteiger partial charge in [-0.05, 0) is 30.4 Å². The van der Waals surface area contributed by atoms with E-state index in [1.807, 2.05) is 20.8 Å². The van der Waals surface area contributed by atoms with Crippen molar-refractivity contribution in [3.63, 3.8) is 0 Å². The number of nitrogens with one attached hydrogen (secondary N) is 1. The Bertz CT molecular complexity index is 1360. The van der Waals surface area contributed by atoms with E-state index >= 15 is 0 Å². The van der Waals surface area contributed by atoms with Crippen molar-refractivity contribution < 1.29 is 24.3 Å². The average molecular weight is 549 g/mol. The van der Waals surface area contributed by atoms with Crippen LogP contribution in [0.4, 0.5) is 17.1 Å². The van der Waals surface area contributed by atoms with Gasteiger partial charge in [-0.3, -0.25) is 25.0 Å². The minimum absolute atomic E-state index is 0.197. The highest BCUT2D eigenvalue weighted by Gasteiger charge is 2.71. The normalized spacial score (nSPS) is 24.6. The molecule has 1 amide bonds. The topological polar surface area (TPSA) is 154 Å². The van der Waals surface area contributed by atoms with E-state index in [1.54, 1.807) is 18.2 Å². The molecule has 2 aliphatic rings. The number of oxime groups is 1. The first-order chi connectivity index (χ1) is 17.2. The molecule has 2 fully saturated rings. The summed E-state index contributed by atoms with van der Waals surface area (Å²) in [6.07, 6.45) is 1.35. The number of hydrogen-bond acceptors (Lipinski definition) is 8. The first kappa shape index (κ1) is 26.5. The number of nitrogens with zero attached hydrogens (tertiary/aromatic N) is 3. The number of carbonyl (C=O) groups is 2. The Balaban J connectivity index is 1.62. The molecule has 4 rings (SSSR count). The predicted octanol–water partition coefficient (Wildman–Crippen LogP) is 6.18. The Morgan fingerprint density at radius 1 is 1.03 bits per heavy atom. The van der Waals surface area contributed by atoms with Crippen molar-refractivity contribution in [2.24, 2.45) is 21.4 Å². The number of hydrogen-bond donors (Lipinski definition) is 1. The molecule has 2 bridgehead atoms. The molecule has 37 heavy (non-hydrogen) atoms. The third-order valence-electron chi connectivity index (χ3n) is 8.17. The smallest absolute Gasteiger partial charge is 0.324 e. The molecule has 11 nitrogen and oxygen atoms in total. The maximum atomic E-state index is 13.6. The molecule has 2 atom stereocenters. The third kappa shape index (κ3) is 4.11. The van der Waals surface area contributed by atoms with Gasteiger partial charge in [0.1, 0.15) is 0 Å². The number of nitro benzene ring substituents is 2. The minimum Gasteiger partial charge on any atom is -0.324 e. The van der Waals surface area contributed by atoms with E-state index in [-0.39, 0.29) is 22.9 Å². The van der Waals surface area contributed by atoms with E-state index in [4.69, 9.17) is 28.0 Å². The summed E-state index contributed by atoms with van der Waals surface area (Å²) in [5.41, 5.74) is -2.87. The fourth-order valence-corrected chi connectivity index (χ4v) is 5.79. The van der Waals surface area contributed by atoms with Crippen molar-refractivity contribution in [2.45, 2.75) is 40.0 Å². The molecule has 2 aromatic carbocycles. The van der Waals surface area contributed by atoms with Gasteiger partial charge in [0.25, 0.3) is 11.4 Å². The van der Waals surface area contributed by atoms with Crippen molar-refractivity contribution in [2.75, 3.05) is 5.32 Å². The summed E-state index contributed by atoms with van der Waals surface area (Å²) >= 11 is 12.3. The van der Waals surface area contributed by atoms with Crippen LogP contribution in [0.2, 0.25) is 10.0 Å². The number of nitro groups is 2. The zero-order valence-corrected chi connectivity index (χ0v) is 21.6. The first-order valence-electron chi connectivity index (χ1n) is 11.2. The highest BCUT2D eigenvalue weighted by molar-refractivity contribution is 6.44. The largest absolute Gasteiger partial charge is 0.366 e. The summed E-state index contributed by atoms with van der Waals surface area (Å²) in [5, 5.41) is 29.7. The van der Waals surface area contributed by atoms with Crippen LogP contribution in [0.1, 0.15) is 50.4 Å². The standard InChI is InChI=1S/C24H22Cl2N4O7/c1-22(2)23(3)7-8-24(22,21(32)27-17-6-4-5-16(25)19(17)26)12-18(23)28-37-20(31)13-9-14(29(33)34)11-15(10-13)30(35)36/h4-6,9-11H,7-8,12H2,1-3H3,(H,27,32)/b28-18+. The second-order valence-electron chi connectivity index (χ2n) is 9.94. The lowest BCUT2D eigenvalue weighted by Crippen LogP contribution is -2.43. The molecule has 0 spiro atoms. The summed E-state index contributed by atoms with van der Waals surface area (Å²) in [6, 6.07) is 7.44. The van der Waals surface area contributed by atoms with Crippen molar-refractivity contribution in [3.05, 3.63) is 72.2 Å². The van der Waals surface area contributed by atoms with Gasteiger partial charge in [0.15, 0.2) is 0 Å². The third-order valence-corrected chi connectivity index (χ3v) is 8.99. The Labute approximate surface area is 221 Å². The van der Waals surface area contributed by atoms with Gasteiger partial charge in [0.05, 0.1) is 48.3 Å². The highest BCUT2D eigenvalue weighted by atomic mass is 35.5. The molecular weight excluding hydrogens is 527 g/mol. The number of carbonyl (C=O) groups excluding carboxylic acids is 2. The van der Waals surface area contributed by atoms with Gasteiger partial charge in [-0.2, -0.15) is 0 Å². The molecular formula is C24H22Cl2N4O7. The molecule has 0 radical (unpaired) electrons. The fourth-order valence-electron chi connectivity index (χ4n) is 5.44. The second kappa shape index (κ2) is 9.07. The Morgan fingerprint density at radius 3 is 2.24 bits per heavy atom. The molecule has 194 valence electrons. The van der Waals surface area contributed by atoms with Crippen LogP contribution in [0.25, 0.3) is 0 Å². The van der Waals surface area contributed by atoms with E-state index in [0.717, 1.165) is 18.2 Å². The molecule has 0 aliphatic heterocycles. The van der Waals surface area contributed by atoms with Gasteiger partial charge in [-0.15, -0.1) is 0 Å². The molecule has 0 saturated heterocycles. The number of amides is 1. The van der Waals surface area contributed by atoms with Crippen LogP contribution in [-0.4, -0.2) is 27.4 Å². The Hall–Kier alpha value is -3.57. The summed E-state index contributed by atoms with van der Waals surface area (Å²) < 4.78 is 0. The lowest BCUT2D eigenvalue weighted by Gasteiger charge is -2.39. The van der Waals surface area contributed by atoms with Crippen LogP contribution in [0.5, 0.6) is 0 Å². The van der Waals surface area contributed by atoms with Crippen molar-refractivity contribution in [1.82, 2.24) is 0 Å². The van der Waals surface area contributed by atoms with E-state index in [2.05, 4.69) is 10.5 Å². The van der Waals surface area contributed by atoms with Crippen LogP contribution in [-0.2, 0) is 9.63 Å². The quantitative estimate of drug-likeness (QED) is 0.256. The second-order valence-corrected chi connectivity index (χ2v) is 10.7. The van der Waals surface area contributed by atoms with Crippen molar-refractivity contribution in [3.8, 4) is 0 Å². The summed E-state index contributed by atoms with van der Waals surface area (Å²) in [7, 11) is 0. The van der Waals surface area contributed by atoms with Crippen LogP contribution >= 0.6 is 23.2 Å². The average Bonchev–Trinajstić information content (AvgIpc) is 3.15. The minimum atomic E-state index is -1.09. The number of halogens is 2. The van der Waals surface area contributed by atoms with Crippen LogP contribution < -0.4 is 5.32 Å². The van der Waals surface area contributed by atoms with Gasteiger partial charge in [0, 0.05) is 24.0 Å². The monoisotopic (exact) mass is 548 g/mol. The maximum absolute atomic E-state index is 13.6. The Morgan fingerprint density at radius 2 is 1.65 bits per heavy atom. The zero-order valence-electron chi connectivity index (χ0n) is 20.0. The van der Waals surface area contributed by atoms with Crippen LogP contribution in [0.3, 0.4) is 0 Å². The molecule has 2 saturated carbocycles. The van der Waals surface area contributed by atoms with Crippen molar-refractivity contribution >= 4 is 57.9 Å². The van der Waals surface area contributed by atoms with Crippen LogP contribution in [0, 0.1) is 36.5 Å². The van der Waals surface area contributed by atoms with Gasteiger partial charge in [-0.25, -0.2) is 4.79 Å². The van der Waals surface area contributed by atoms with E-state index < -0.39 is 43.4 Å². The molecule has 0 heterocycles. The summed E-state index contributed by atoms with van der Waals surface area (Å²) in [6.45, 7) is 5.84. The SMILES string of the molecule is CC12CCC(C(=O)Nc3cccc(Cl)c3Cl)(C/C1=N\OC(=O)c1cc([N+](=O)[O-])cc([N+](=O)[O-])c1)C2(C)C. The van der Waals surface area contributed by atoms with E-state index in [1.165, 1.54) is 0 Å². The highest BCUT2D eigenvalue weighted by Crippen LogP contribution is 2.71. The lowest BCUT2D eigenvalue weighted by atomic mass is 9.64. The fraction of sp³-hybridized carbons (Fsp3) is 0.375. The summed E-state index contributed by atoms with van der Waals surface area (Å²) in [4.78, 5) is 52.0. The van der Waals surface area contributed by atoms with E-state index in [9.17, 15) is 29.8 Å². The molecule has 0 aromatic heterocycles. The lowest BCUT2D eigenvalue weighted by molar-refractivity contribution is -0.394. The van der Waals surface area contributed by atoms with Crippen molar-refractivity contribution in [1.29, 1.82) is 0 Å². The van der Waals surface area contributed by atoms with Crippen LogP contribution in [0.15, 0.2) is 41.6 Å². The molecule has 2 unspecified atom stereocenters. The zero-order chi connectivity index (χ0) is 27.3. The maximum Gasteiger partial charge on any atom is 0.366 e. The molecule has 2 aliphatic carbocycles. The summed E-state index contributed by atoms with van der Waals surface area (Å²) in [5.74, 6) is -1.36. The number of fused-ring (bicyclic) bond motifs is 2. The molecule has 1 N–H and O–H groups in total. The molecule has 2 aromatic rings. The number of non-ortho nitro benzene ring substituents is 2. The Kier molecular flexibility index (Phi) is 6.49.